The third-order valence-corrected chi connectivity index (χ3v) is 5.77. The van der Waals surface area contributed by atoms with Crippen LogP contribution in [0.25, 0.3) is 10.1 Å². The summed E-state index contributed by atoms with van der Waals surface area (Å²) in [4.78, 5) is 26.9. The summed E-state index contributed by atoms with van der Waals surface area (Å²) in [7, 11) is 0. The van der Waals surface area contributed by atoms with E-state index in [0.29, 0.717) is 23.7 Å². The molecule has 0 aliphatic carbocycles. The van der Waals surface area contributed by atoms with Gasteiger partial charge in [-0.15, -0.1) is 11.3 Å². The first-order valence-electron chi connectivity index (χ1n) is 8.55. The number of carbonyl (C=O) groups is 2. The fraction of sp³-hybridized carbons (Fsp3) is 0.444. The van der Waals surface area contributed by atoms with E-state index in [1.165, 1.54) is 11.3 Å². The number of esters is 1. The van der Waals surface area contributed by atoms with Crippen molar-refractivity contribution in [2.45, 2.75) is 6.92 Å². The van der Waals surface area contributed by atoms with E-state index >= 15 is 0 Å². The predicted molar refractivity (Wildman–Crippen MR) is 99.5 cm³/mol. The molecule has 1 saturated heterocycles. The Bertz CT molecular complexity index is 794. The van der Waals surface area contributed by atoms with Crippen LogP contribution >= 0.6 is 11.3 Å². The van der Waals surface area contributed by atoms with Crippen molar-refractivity contribution in [2.24, 2.45) is 11.8 Å². The summed E-state index contributed by atoms with van der Waals surface area (Å²) in [6.45, 7) is 2.56. The van der Waals surface area contributed by atoms with Crippen LogP contribution in [0.1, 0.15) is 16.6 Å². The molecule has 26 heavy (non-hydrogen) atoms. The van der Waals surface area contributed by atoms with Gasteiger partial charge in [0.25, 0.3) is 0 Å². The third kappa shape index (κ3) is 3.53. The molecule has 2 aromatic rings. The van der Waals surface area contributed by atoms with Crippen molar-refractivity contribution in [3.05, 3.63) is 29.1 Å². The molecule has 0 bridgehead atoms. The molecule has 2 amide bonds. The maximum Gasteiger partial charge on any atom is 0.350 e. The van der Waals surface area contributed by atoms with Gasteiger partial charge in [-0.2, -0.15) is 0 Å². The number of benzene rings is 1. The molecule has 2 atom stereocenters. The summed E-state index contributed by atoms with van der Waals surface area (Å²) < 4.78 is 6.00. The molecule has 1 aromatic heterocycles. The lowest BCUT2D eigenvalue weighted by Gasteiger charge is -2.17. The number of aliphatic hydroxyl groups is 2. The Hall–Kier alpha value is -2.16. The smallest absolute Gasteiger partial charge is 0.350 e. The summed E-state index contributed by atoms with van der Waals surface area (Å²) in [5, 5.41) is 22.4. The molecule has 1 aromatic carbocycles. The Morgan fingerprint density at radius 2 is 1.88 bits per heavy atom. The molecule has 0 spiro atoms. The van der Waals surface area contributed by atoms with Crippen LogP contribution in [0.2, 0.25) is 0 Å². The van der Waals surface area contributed by atoms with E-state index in [4.69, 9.17) is 4.74 Å². The Morgan fingerprint density at radius 1 is 1.23 bits per heavy atom. The number of rotatable bonds is 5. The molecular weight excluding hydrogens is 356 g/mol. The van der Waals surface area contributed by atoms with Crippen LogP contribution in [0.5, 0.6) is 0 Å². The summed E-state index contributed by atoms with van der Waals surface area (Å²) in [6.07, 6.45) is 0. The standard InChI is InChI=1S/C18H22N2O5S/c1-2-25-17(23)16-15(13-5-3-4-6-14(13)26-16)19-18(24)20-7-11(9-21)12(8-20)10-22/h3-6,11-12,21-22H,2,7-10H2,1H3,(H,19,24)/t11-,12-/m0/s1. The van der Waals surface area contributed by atoms with Crippen molar-refractivity contribution in [1.29, 1.82) is 0 Å². The molecule has 3 N–H and O–H groups in total. The number of likely N-dealkylation sites (tertiary alicyclic amines) is 1. The predicted octanol–water partition coefficient (Wildman–Crippen LogP) is 2.14. The third-order valence-electron chi connectivity index (χ3n) is 4.62. The van der Waals surface area contributed by atoms with Gasteiger partial charge in [0.2, 0.25) is 0 Å². The van der Waals surface area contributed by atoms with E-state index in [0.717, 1.165) is 10.1 Å². The average molecular weight is 378 g/mol. The van der Waals surface area contributed by atoms with Gasteiger partial charge in [-0.05, 0) is 13.0 Å². The fourth-order valence-corrected chi connectivity index (χ4v) is 4.27. The normalized spacial score (nSPS) is 19.7. The molecule has 0 unspecified atom stereocenters. The number of ether oxygens (including phenoxy) is 1. The Labute approximate surface area is 155 Å². The lowest BCUT2D eigenvalue weighted by Crippen LogP contribution is -2.34. The van der Waals surface area contributed by atoms with Gasteiger partial charge in [-0.25, -0.2) is 9.59 Å². The zero-order chi connectivity index (χ0) is 18.7. The highest BCUT2D eigenvalue weighted by Gasteiger charge is 2.35. The van der Waals surface area contributed by atoms with Crippen LogP contribution in [0.3, 0.4) is 0 Å². The number of hydrogen-bond acceptors (Lipinski definition) is 6. The number of nitrogens with zero attached hydrogens (tertiary/aromatic N) is 1. The van der Waals surface area contributed by atoms with Crippen molar-refractivity contribution in [1.82, 2.24) is 4.90 Å². The molecule has 1 aliphatic rings. The summed E-state index contributed by atoms with van der Waals surface area (Å²) >= 11 is 1.28. The molecule has 1 aliphatic heterocycles. The number of nitrogens with one attached hydrogen (secondary N) is 1. The van der Waals surface area contributed by atoms with E-state index in [-0.39, 0.29) is 37.7 Å². The van der Waals surface area contributed by atoms with Gasteiger partial charge in [0.05, 0.1) is 12.3 Å². The minimum absolute atomic E-state index is 0.0789. The first kappa shape index (κ1) is 18.6. The lowest BCUT2D eigenvalue weighted by atomic mass is 9.98. The second-order valence-electron chi connectivity index (χ2n) is 6.24. The van der Waals surface area contributed by atoms with Crippen LogP contribution < -0.4 is 5.32 Å². The molecule has 8 heteroatoms. The van der Waals surface area contributed by atoms with Gasteiger partial charge in [0.1, 0.15) is 4.88 Å². The number of aliphatic hydroxyl groups excluding tert-OH is 2. The van der Waals surface area contributed by atoms with Crippen molar-refractivity contribution in [2.75, 3.05) is 38.2 Å². The molecule has 7 nitrogen and oxygen atoms in total. The summed E-state index contributed by atoms with van der Waals surface area (Å²) in [6, 6.07) is 7.10. The second kappa shape index (κ2) is 8.03. The topological polar surface area (TPSA) is 99.1 Å². The van der Waals surface area contributed by atoms with Gasteiger partial charge >= 0.3 is 12.0 Å². The van der Waals surface area contributed by atoms with Crippen LogP contribution in [0.4, 0.5) is 10.5 Å². The Kier molecular flexibility index (Phi) is 5.75. The number of amides is 2. The van der Waals surface area contributed by atoms with Crippen LogP contribution in [-0.2, 0) is 4.74 Å². The Morgan fingerprint density at radius 3 is 2.50 bits per heavy atom. The van der Waals surface area contributed by atoms with E-state index in [1.54, 1.807) is 11.8 Å². The highest BCUT2D eigenvalue weighted by Crippen LogP contribution is 2.36. The second-order valence-corrected chi connectivity index (χ2v) is 7.30. The van der Waals surface area contributed by atoms with Gasteiger partial charge in [-0.3, -0.25) is 0 Å². The molecular formula is C18H22N2O5S. The summed E-state index contributed by atoms with van der Waals surface area (Å²) in [5.41, 5.74) is 0.446. The van der Waals surface area contributed by atoms with Crippen LogP contribution in [0, 0.1) is 11.8 Å². The number of carbonyl (C=O) groups excluding carboxylic acids is 2. The van der Waals surface area contributed by atoms with Crippen molar-refractivity contribution >= 4 is 39.1 Å². The molecule has 0 radical (unpaired) electrons. The molecule has 1 fully saturated rings. The monoisotopic (exact) mass is 378 g/mol. The maximum atomic E-state index is 12.7. The Balaban J connectivity index is 1.87. The first-order valence-corrected chi connectivity index (χ1v) is 9.37. The quantitative estimate of drug-likeness (QED) is 0.693. The number of fused-ring (bicyclic) bond motifs is 1. The zero-order valence-corrected chi connectivity index (χ0v) is 15.3. The fourth-order valence-electron chi connectivity index (χ4n) is 3.21. The highest BCUT2D eigenvalue weighted by atomic mass is 32.1. The number of urea groups is 1. The average Bonchev–Trinajstić information content (AvgIpc) is 3.23. The van der Waals surface area contributed by atoms with E-state index in [2.05, 4.69) is 5.32 Å². The van der Waals surface area contributed by atoms with Crippen molar-refractivity contribution in [3.8, 4) is 0 Å². The van der Waals surface area contributed by atoms with E-state index < -0.39 is 5.97 Å². The van der Waals surface area contributed by atoms with Gasteiger partial charge in [0, 0.05) is 48.2 Å². The molecule has 140 valence electrons. The van der Waals surface area contributed by atoms with Crippen molar-refractivity contribution in [3.63, 3.8) is 0 Å². The zero-order valence-electron chi connectivity index (χ0n) is 14.5. The highest BCUT2D eigenvalue weighted by molar-refractivity contribution is 7.21. The number of anilines is 1. The molecule has 3 rings (SSSR count). The van der Waals surface area contributed by atoms with E-state index in [9.17, 15) is 19.8 Å². The lowest BCUT2D eigenvalue weighted by molar-refractivity contribution is 0.0533. The SMILES string of the molecule is CCOC(=O)c1sc2ccccc2c1NC(=O)N1C[C@@H](CO)[C@H](CO)C1. The largest absolute Gasteiger partial charge is 0.462 e. The van der Waals surface area contributed by atoms with Crippen molar-refractivity contribution < 1.29 is 24.5 Å². The van der Waals surface area contributed by atoms with Gasteiger partial charge in [-0.1, -0.05) is 18.2 Å². The van der Waals surface area contributed by atoms with Crippen LogP contribution in [0.15, 0.2) is 24.3 Å². The maximum absolute atomic E-state index is 12.7. The number of hydrogen-bond donors (Lipinski definition) is 3. The van der Waals surface area contributed by atoms with Gasteiger partial charge in [0.15, 0.2) is 0 Å². The van der Waals surface area contributed by atoms with Gasteiger partial charge < -0.3 is 25.2 Å². The summed E-state index contributed by atoms with van der Waals surface area (Å²) in [5.74, 6) is -0.754. The van der Waals surface area contributed by atoms with E-state index in [1.807, 2.05) is 24.3 Å². The number of thiophene rings is 1. The minimum Gasteiger partial charge on any atom is -0.462 e. The minimum atomic E-state index is -0.466. The van der Waals surface area contributed by atoms with Crippen LogP contribution in [-0.4, -0.2) is 60.0 Å². The first-order chi connectivity index (χ1) is 12.6. The molecule has 0 saturated carbocycles. The molecule has 2 heterocycles.